The number of aliphatic hydroxyl groups excluding tert-OH is 1. The Balaban J connectivity index is 2.29. The van der Waals surface area contributed by atoms with Crippen molar-refractivity contribution in [3.05, 3.63) is 11.6 Å². The maximum Gasteiger partial charge on any atom is 0.217 e. The summed E-state index contributed by atoms with van der Waals surface area (Å²) in [6.07, 6.45) is 5.51. The van der Waals surface area contributed by atoms with E-state index in [9.17, 15) is 4.79 Å². The van der Waals surface area contributed by atoms with Crippen molar-refractivity contribution >= 4 is 5.91 Å². The normalized spacial score (nSPS) is 23.4. The Hall–Kier alpha value is -0.830. The minimum Gasteiger partial charge on any atom is -0.393 e. The molecule has 0 saturated heterocycles. The van der Waals surface area contributed by atoms with Crippen LogP contribution in [0.25, 0.3) is 0 Å². The third-order valence-corrected chi connectivity index (χ3v) is 2.17. The molecule has 1 atom stereocenters. The van der Waals surface area contributed by atoms with Crippen molar-refractivity contribution in [1.82, 2.24) is 0 Å². The highest BCUT2D eigenvalue weighted by Crippen LogP contribution is 2.21. The maximum atomic E-state index is 10.5. The summed E-state index contributed by atoms with van der Waals surface area (Å²) in [4.78, 5) is 10.5. The molecule has 0 heterocycles. The third-order valence-electron chi connectivity index (χ3n) is 2.17. The standard InChI is InChI=1S/C9H15NO2/c10-9(12)6-3-7-1-4-8(11)5-2-7/h1,8,11H,2-6H2,(H2,10,12). The smallest absolute Gasteiger partial charge is 0.217 e. The van der Waals surface area contributed by atoms with Crippen LogP contribution in [0.5, 0.6) is 0 Å². The molecule has 1 aliphatic rings. The Morgan fingerprint density at radius 2 is 2.50 bits per heavy atom. The second kappa shape index (κ2) is 4.26. The molecule has 0 aliphatic heterocycles. The number of primary amides is 1. The van der Waals surface area contributed by atoms with Gasteiger partial charge in [-0.15, -0.1) is 0 Å². The van der Waals surface area contributed by atoms with Crippen LogP contribution in [-0.4, -0.2) is 17.1 Å². The van der Waals surface area contributed by atoms with E-state index in [1.54, 1.807) is 0 Å². The van der Waals surface area contributed by atoms with E-state index in [1.165, 1.54) is 5.57 Å². The molecule has 0 aromatic carbocycles. The number of allylic oxidation sites excluding steroid dienone is 1. The van der Waals surface area contributed by atoms with Gasteiger partial charge in [0.1, 0.15) is 0 Å². The number of rotatable bonds is 3. The molecule has 0 fully saturated rings. The number of aliphatic hydroxyl groups is 1. The molecule has 3 N–H and O–H groups in total. The molecule has 68 valence electrons. The zero-order chi connectivity index (χ0) is 8.97. The number of nitrogens with two attached hydrogens (primary N) is 1. The Kier molecular flexibility index (Phi) is 3.29. The summed E-state index contributed by atoms with van der Waals surface area (Å²) in [6, 6.07) is 0. The van der Waals surface area contributed by atoms with Crippen LogP contribution in [0, 0.1) is 0 Å². The molecule has 1 rings (SSSR count). The summed E-state index contributed by atoms with van der Waals surface area (Å²) in [7, 11) is 0. The van der Waals surface area contributed by atoms with Gasteiger partial charge in [-0.05, 0) is 25.7 Å². The highest BCUT2D eigenvalue weighted by molar-refractivity contribution is 5.73. The molecule has 1 amide bonds. The van der Waals surface area contributed by atoms with Crippen LogP contribution >= 0.6 is 0 Å². The second-order valence-electron chi connectivity index (χ2n) is 3.26. The fourth-order valence-electron chi connectivity index (χ4n) is 1.39. The number of carbonyl (C=O) groups excluding carboxylic acids is 1. The van der Waals surface area contributed by atoms with Gasteiger partial charge in [0.15, 0.2) is 0 Å². The molecule has 3 heteroatoms. The summed E-state index contributed by atoms with van der Waals surface area (Å²) in [6.45, 7) is 0. The lowest BCUT2D eigenvalue weighted by Gasteiger charge is -2.16. The van der Waals surface area contributed by atoms with Crippen LogP contribution in [-0.2, 0) is 4.79 Å². The van der Waals surface area contributed by atoms with Crippen molar-refractivity contribution in [3.63, 3.8) is 0 Å². The monoisotopic (exact) mass is 169 g/mol. The molecular formula is C9H15NO2. The zero-order valence-electron chi connectivity index (χ0n) is 7.12. The van der Waals surface area contributed by atoms with E-state index >= 15 is 0 Å². The van der Waals surface area contributed by atoms with Gasteiger partial charge in [-0.25, -0.2) is 0 Å². The molecule has 1 aliphatic carbocycles. The van der Waals surface area contributed by atoms with Crippen LogP contribution in [0.1, 0.15) is 32.1 Å². The Labute approximate surface area is 72.3 Å². The van der Waals surface area contributed by atoms with Crippen molar-refractivity contribution in [2.24, 2.45) is 5.73 Å². The lowest BCUT2D eigenvalue weighted by atomic mass is 9.94. The van der Waals surface area contributed by atoms with E-state index in [4.69, 9.17) is 10.8 Å². The highest BCUT2D eigenvalue weighted by Gasteiger charge is 2.11. The van der Waals surface area contributed by atoms with Gasteiger partial charge in [0.2, 0.25) is 5.91 Å². The number of hydrogen-bond acceptors (Lipinski definition) is 2. The second-order valence-corrected chi connectivity index (χ2v) is 3.26. The predicted molar refractivity (Wildman–Crippen MR) is 46.4 cm³/mol. The molecule has 1 unspecified atom stereocenters. The lowest BCUT2D eigenvalue weighted by Crippen LogP contribution is -2.13. The topological polar surface area (TPSA) is 63.3 Å². The van der Waals surface area contributed by atoms with Gasteiger partial charge in [-0.1, -0.05) is 11.6 Å². The van der Waals surface area contributed by atoms with Gasteiger partial charge in [0.25, 0.3) is 0 Å². The fourth-order valence-corrected chi connectivity index (χ4v) is 1.39. The molecule has 0 radical (unpaired) electrons. The third kappa shape index (κ3) is 3.05. The molecule has 0 spiro atoms. The van der Waals surface area contributed by atoms with Crippen molar-refractivity contribution in [3.8, 4) is 0 Å². The Morgan fingerprint density at radius 3 is 3.00 bits per heavy atom. The SMILES string of the molecule is NC(=O)CCC1=CCC(O)CC1. The number of amides is 1. The summed E-state index contributed by atoms with van der Waals surface area (Å²) >= 11 is 0. The molecule has 0 saturated carbocycles. The molecule has 0 bridgehead atoms. The van der Waals surface area contributed by atoms with Gasteiger partial charge in [0.05, 0.1) is 6.10 Å². The van der Waals surface area contributed by atoms with E-state index in [1.807, 2.05) is 6.08 Å². The van der Waals surface area contributed by atoms with Gasteiger partial charge in [-0.3, -0.25) is 4.79 Å². The van der Waals surface area contributed by atoms with Crippen molar-refractivity contribution < 1.29 is 9.90 Å². The van der Waals surface area contributed by atoms with Crippen LogP contribution in [0.15, 0.2) is 11.6 Å². The summed E-state index contributed by atoms with van der Waals surface area (Å²) in [5.74, 6) is -0.248. The van der Waals surface area contributed by atoms with Crippen LogP contribution in [0.4, 0.5) is 0 Å². The van der Waals surface area contributed by atoms with Crippen LogP contribution in [0.2, 0.25) is 0 Å². The average Bonchev–Trinajstić information content (AvgIpc) is 2.03. The molecule has 3 nitrogen and oxygen atoms in total. The average molecular weight is 169 g/mol. The van der Waals surface area contributed by atoms with E-state index in [0.29, 0.717) is 6.42 Å². The zero-order valence-corrected chi connectivity index (χ0v) is 7.12. The van der Waals surface area contributed by atoms with Gasteiger partial charge < -0.3 is 10.8 Å². The summed E-state index contributed by atoms with van der Waals surface area (Å²) in [5, 5.41) is 9.17. The van der Waals surface area contributed by atoms with E-state index in [0.717, 1.165) is 25.7 Å². The molecular weight excluding hydrogens is 154 g/mol. The van der Waals surface area contributed by atoms with E-state index in [2.05, 4.69) is 0 Å². The fraction of sp³-hybridized carbons (Fsp3) is 0.667. The largest absolute Gasteiger partial charge is 0.393 e. The first kappa shape index (κ1) is 9.26. The van der Waals surface area contributed by atoms with Gasteiger partial charge >= 0.3 is 0 Å². The molecule has 12 heavy (non-hydrogen) atoms. The maximum absolute atomic E-state index is 10.5. The quantitative estimate of drug-likeness (QED) is 0.611. The van der Waals surface area contributed by atoms with E-state index in [-0.39, 0.29) is 12.0 Å². The van der Waals surface area contributed by atoms with Gasteiger partial charge in [-0.2, -0.15) is 0 Å². The Bertz CT molecular complexity index is 199. The summed E-state index contributed by atoms with van der Waals surface area (Å²) < 4.78 is 0. The van der Waals surface area contributed by atoms with Crippen LogP contribution in [0.3, 0.4) is 0 Å². The van der Waals surface area contributed by atoms with Crippen molar-refractivity contribution in [2.75, 3.05) is 0 Å². The first-order chi connectivity index (χ1) is 5.68. The highest BCUT2D eigenvalue weighted by atomic mass is 16.3. The minimum absolute atomic E-state index is 0.178. The van der Waals surface area contributed by atoms with Gasteiger partial charge in [0, 0.05) is 6.42 Å². The first-order valence-corrected chi connectivity index (χ1v) is 4.33. The number of hydrogen-bond donors (Lipinski definition) is 2. The minimum atomic E-state index is -0.248. The first-order valence-electron chi connectivity index (χ1n) is 4.33. The Morgan fingerprint density at radius 1 is 1.75 bits per heavy atom. The lowest BCUT2D eigenvalue weighted by molar-refractivity contribution is -0.118. The van der Waals surface area contributed by atoms with Crippen LogP contribution < -0.4 is 5.73 Å². The van der Waals surface area contributed by atoms with Crippen molar-refractivity contribution in [1.29, 1.82) is 0 Å². The molecule has 0 aromatic rings. The predicted octanol–water partition coefficient (Wildman–Crippen LogP) is 0.723. The molecule has 0 aromatic heterocycles. The summed E-state index contributed by atoms with van der Waals surface area (Å²) in [5.41, 5.74) is 6.28. The van der Waals surface area contributed by atoms with E-state index < -0.39 is 0 Å². The van der Waals surface area contributed by atoms with Crippen molar-refractivity contribution in [2.45, 2.75) is 38.2 Å². The number of carbonyl (C=O) groups is 1.